The molecule has 26 rings (SSSR count). The van der Waals surface area contributed by atoms with Crippen LogP contribution < -0.4 is 104 Å². The number of ether oxygens (including phenoxy) is 2. The van der Waals surface area contributed by atoms with Crippen LogP contribution in [0.1, 0.15) is 0 Å². The quantitative estimate of drug-likeness (QED) is 0.126. The fourth-order valence-electron chi connectivity index (χ4n) is 21.1. The minimum Gasteiger partial charge on any atom is -0.458 e. The highest BCUT2D eigenvalue weighted by molar-refractivity contribution is 7.06. The van der Waals surface area contributed by atoms with Gasteiger partial charge >= 0.3 is 0 Å². The molecule has 18 aromatic rings. The third-order valence-corrected chi connectivity index (χ3v) is 25.5. The van der Waals surface area contributed by atoms with Crippen LogP contribution in [0.5, 0.6) is 23.0 Å². The molecule has 530 valence electrons. The maximum Gasteiger partial charge on any atom is 0.256 e. The number of hydrogen-bond donors (Lipinski definition) is 0. The Morgan fingerprint density at radius 2 is 0.504 bits per heavy atom. The largest absolute Gasteiger partial charge is 0.458 e. The van der Waals surface area contributed by atoms with Crippen LogP contribution in [0.15, 0.2) is 382 Å². The van der Waals surface area contributed by atoms with Crippen molar-refractivity contribution in [2.45, 2.75) is 0 Å². The van der Waals surface area contributed by atoms with Gasteiger partial charge in [0.15, 0.2) is 0 Å². The van der Waals surface area contributed by atoms with E-state index in [1.807, 2.05) is 0 Å². The Hall–Kier alpha value is -14.8. The highest BCUT2D eigenvalue weighted by atomic mass is 16.5. The first-order valence-corrected chi connectivity index (χ1v) is 39.9. The molecule has 0 radical (unpaired) electrons. The number of nitrogens with zero attached hydrogens (tertiary/aromatic N) is 7. The third kappa shape index (κ3) is 8.75. The molecule has 8 aliphatic heterocycles. The van der Waals surface area contributed by atoms with Crippen LogP contribution in [0.25, 0.3) is 27.5 Å². The van der Waals surface area contributed by atoms with E-state index in [0.29, 0.717) is 0 Å². The molecule has 0 spiro atoms. The zero-order valence-corrected chi connectivity index (χ0v) is 62.1. The van der Waals surface area contributed by atoms with Crippen LogP contribution in [0.3, 0.4) is 0 Å². The summed E-state index contributed by atoms with van der Waals surface area (Å²) in [6, 6.07) is 141. The maximum absolute atomic E-state index is 7.88. The average molecular weight is 1460 g/mol. The van der Waals surface area contributed by atoms with Crippen LogP contribution in [0.4, 0.5) is 102 Å². The smallest absolute Gasteiger partial charge is 0.256 e. The predicted octanol–water partition coefficient (Wildman–Crippen LogP) is 17.8. The molecule has 8 aliphatic rings. The topological polar surface area (TPSA) is 42.8 Å². The fourth-order valence-corrected chi connectivity index (χ4v) is 21.1. The van der Waals surface area contributed by atoms with Crippen LogP contribution in [-0.4, -0.2) is 31.4 Å². The van der Waals surface area contributed by atoms with E-state index in [1.165, 1.54) is 71.2 Å². The summed E-state index contributed by atoms with van der Waals surface area (Å²) in [5, 5.41) is 2.51. The molecule has 0 amide bonds. The number of aromatic nitrogens is 1. The Bertz CT molecular complexity index is 6670. The van der Waals surface area contributed by atoms with Gasteiger partial charge < -0.3 is 43.4 Å². The van der Waals surface area contributed by atoms with Gasteiger partial charge in [-0.25, -0.2) is 0 Å². The second kappa shape index (κ2) is 23.9. The Labute approximate surface area is 666 Å². The molecule has 0 bridgehead atoms. The highest BCUT2D eigenvalue weighted by Crippen LogP contribution is 2.53. The number of anilines is 18. The van der Waals surface area contributed by atoms with Crippen LogP contribution in [-0.2, 0) is 0 Å². The SMILES string of the molecule is c1ccc(N(c2ccccc2)c2cc3c4c(c2)N(c2ccccc2)c2ccccc2B4c2cc4c(cc2O3)N(c2ccccc2)c2cc3c5c6c2B4c2cccc4c7cccc(c7n-6c24)B5c2cc4c(cc2N3c2ccccc2)Oc2cc(N(c3ccccc3)c3ccccc3)cc3c2B4c2ccccc2N3c2ccccc2)cc1. The molecule has 0 aliphatic carbocycles. The minimum absolute atomic E-state index is 0.204. The molecule has 0 saturated heterocycles. The van der Waals surface area contributed by atoms with Gasteiger partial charge in [-0.05, 0) is 193 Å². The lowest BCUT2D eigenvalue weighted by Gasteiger charge is -2.47. The molecule has 0 fully saturated rings. The molecule has 115 heavy (non-hydrogen) atoms. The average Bonchev–Trinajstić information content (AvgIpc) is 1.57. The molecule has 0 saturated carbocycles. The lowest BCUT2D eigenvalue weighted by molar-refractivity contribution is 0.487. The fraction of sp³-hybridized carbons (Fsp3) is 0. The van der Waals surface area contributed by atoms with Crippen LogP contribution in [0.2, 0.25) is 0 Å². The van der Waals surface area contributed by atoms with Gasteiger partial charge in [0, 0.05) is 143 Å². The summed E-state index contributed by atoms with van der Waals surface area (Å²) < 4.78 is 18.5. The number of benzene rings is 17. The Morgan fingerprint density at radius 3 is 0.870 bits per heavy atom. The maximum atomic E-state index is 7.88. The third-order valence-electron chi connectivity index (χ3n) is 25.5. The van der Waals surface area contributed by atoms with Gasteiger partial charge in [0.05, 0.1) is 11.4 Å². The highest BCUT2D eigenvalue weighted by Gasteiger charge is 2.54. The van der Waals surface area contributed by atoms with Crippen molar-refractivity contribution < 1.29 is 9.47 Å². The van der Waals surface area contributed by atoms with Crippen molar-refractivity contribution in [2.24, 2.45) is 0 Å². The van der Waals surface area contributed by atoms with Gasteiger partial charge in [-0.2, -0.15) is 0 Å². The van der Waals surface area contributed by atoms with Crippen molar-refractivity contribution in [3.63, 3.8) is 0 Å². The Morgan fingerprint density at radius 1 is 0.200 bits per heavy atom. The molecule has 0 N–H and O–H groups in total. The second-order valence-electron chi connectivity index (χ2n) is 31.3. The monoisotopic (exact) mass is 1460 g/mol. The Balaban J connectivity index is 0.730. The lowest BCUT2D eigenvalue weighted by Crippen LogP contribution is -2.68. The second-order valence-corrected chi connectivity index (χ2v) is 31.3. The van der Waals surface area contributed by atoms with Gasteiger partial charge in [0.1, 0.15) is 23.0 Å². The van der Waals surface area contributed by atoms with Gasteiger partial charge in [-0.15, -0.1) is 0 Å². The van der Waals surface area contributed by atoms with Crippen molar-refractivity contribution in [3.05, 3.63) is 382 Å². The van der Waals surface area contributed by atoms with E-state index in [9.17, 15) is 0 Å². The minimum atomic E-state index is -0.208. The van der Waals surface area contributed by atoms with E-state index in [2.05, 4.69) is 416 Å². The van der Waals surface area contributed by atoms with Crippen LogP contribution in [0, 0.1) is 0 Å². The van der Waals surface area contributed by atoms with E-state index in [-0.39, 0.29) is 26.9 Å². The normalized spacial score (nSPS) is 13.7. The predicted molar refractivity (Wildman–Crippen MR) is 481 cm³/mol. The molecule has 0 atom stereocenters. The molecule has 17 aromatic carbocycles. The summed E-state index contributed by atoms with van der Waals surface area (Å²) in [6.45, 7) is -0.824. The number of para-hydroxylation sites is 12. The van der Waals surface area contributed by atoms with E-state index in [4.69, 9.17) is 9.47 Å². The number of fused-ring (bicyclic) bond motifs is 15. The molecule has 9 nitrogen and oxygen atoms in total. The lowest BCUT2D eigenvalue weighted by atomic mass is 9.28. The summed E-state index contributed by atoms with van der Waals surface area (Å²) in [5.74, 6) is 3.30. The molecular formula is C102H63B4N7O2. The Kier molecular flexibility index (Phi) is 13.1. The van der Waals surface area contributed by atoms with Gasteiger partial charge in [-0.1, -0.05) is 231 Å². The number of hydrogen-bond acceptors (Lipinski definition) is 8. The summed E-state index contributed by atoms with van der Waals surface area (Å²) >= 11 is 0. The molecular weight excluding hydrogens is 1400 g/mol. The summed E-state index contributed by atoms with van der Waals surface area (Å²) in [5.41, 5.74) is 37.7. The molecule has 1 aromatic heterocycles. The summed E-state index contributed by atoms with van der Waals surface area (Å²) in [6.07, 6.45) is 0. The first-order valence-electron chi connectivity index (χ1n) is 39.9. The van der Waals surface area contributed by atoms with Crippen molar-refractivity contribution in [1.82, 2.24) is 4.57 Å². The van der Waals surface area contributed by atoms with Gasteiger partial charge in [0.2, 0.25) is 0 Å². The van der Waals surface area contributed by atoms with Gasteiger partial charge in [0.25, 0.3) is 26.9 Å². The molecule has 9 heterocycles. The number of rotatable bonds is 10. The van der Waals surface area contributed by atoms with Crippen molar-refractivity contribution in [2.75, 3.05) is 29.4 Å². The standard InChI is InChI=1S/C102H63B4N7O2/c1-9-31-64(32-10-1)107(65-33-11-2-12-34-65)72-55-88-96-94(57-72)114-92-62-86-80(59-82(92)103(96)76-49-25-27-53-84(76)109(88)68-39-17-5-18-40-68)105-78-51-29-47-74-75-48-30-52-79-101(75)113(100(74)78)102-98(105)90(111(86)70-43-21-7-22-44-70)61-91-99(102)106(79)81-60-83-93(63-87(81)112(91)71-45-23-8-24-46-71)115-95-58-73(108(66-35-13-3-14-36-66)67-37-15-4-16-38-67)56-89-97(95)104(83)77-50-26-28-54-85(77)110(89)69-41-19-6-20-42-69/h1-63H. The van der Waals surface area contributed by atoms with E-state index in [1.54, 1.807) is 0 Å². The first-order chi connectivity index (χ1) is 57.1. The zero-order valence-electron chi connectivity index (χ0n) is 62.1. The van der Waals surface area contributed by atoms with E-state index < -0.39 is 0 Å². The first kappa shape index (κ1) is 62.9. The van der Waals surface area contributed by atoms with Crippen molar-refractivity contribution in [1.29, 1.82) is 0 Å². The summed E-state index contributed by atoms with van der Waals surface area (Å²) in [4.78, 5) is 14.8. The van der Waals surface area contributed by atoms with E-state index >= 15 is 0 Å². The summed E-state index contributed by atoms with van der Waals surface area (Å²) in [7, 11) is 0. The van der Waals surface area contributed by atoms with Crippen molar-refractivity contribution in [3.8, 4) is 28.7 Å². The van der Waals surface area contributed by atoms with Gasteiger partial charge in [-0.3, -0.25) is 0 Å². The molecule has 0 unspecified atom stereocenters. The van der Waals surface area contributed by atoms with E-state index in [0.717, 1.165) is 147 Å². The van der Waals surface area contributed by atoms with Crippen molar-refractivity contribution >= 4 is 217 Å². The zero-order chi connectivity index (χ0) is 74.8. The molecule has 13 heteroatoms. The van der Waals surface area contributed by atoms with Crippen LogP contribution >= 0.6 is 0 Å².